The molecule has 2 aliphatic carbocycles. The first-order valence-corrected chi connectivity index (χ1v) is 11.3. The van der Waals surface area contributed by atoms with Crippen LogP contribution in [0.3, 0.4) is 0 Å². The van der Waals surface area contributed by atoms with Crippen molar-refractivity contribution in [3.05, 3.63) is 41.3 Å². The second kappa shape index (κ2) is 7.90. The van der Waals surface area contributed by atoms with Gasteiger partial charge in [-0.2, -0.15) is 5.10 Å². The van der Waals surface area contributed by atoms with E-state index in [1.165, 1.54) is 36.9 Å². The number of amides is 1. The summed E-state index contributed by atoms with van der Waals surface area (Å²) in [5.41, 5.74) is 3.09. The zero-order chi connectivity index (χ0) is 19.7. The molecule has 2 aromatic rings. The second-order valence-corrected chi connectivity index (χ2v) is 10.2. The van der Waals surface area contributed by atoms with E-state index < -0.39 is 0 Å². The number of aromatic nitrogens is 3. The van der Waals surface area contributed by atoms with Gasteiger partial charge in [0.1, 0.15) is 5.03 Å². The highest BCUT2D eigenvalue weighted by atomic mass is 32.2. The van der Waals surface area contributed by atoms with E-state index in [2.05, 4.69) is 40.9 Å². The fourth-order valence-electron chi connectivity index (χ4n) is 4.34. The van der Waals surface area contributed by atoms with Crippen LogP contribution in [0.4, 0.5) is 0 Å². The molecule has 1 amide bonds. The van der Waals surface area contributed by atoms with Crippen molar-refractivity contribution in [2.24, 2.45) is 0 Å². The van der Waals surface area contributed by atoms with Gasteiger partial charge in [0.15, 0.2) is 0 Å². The van der Waals surface area contributed by atoms with E-state index in [1.54, 1.807) is 18.0 Å². The van der Waals surface area contributed by atoms with Gasteiger partial charge in [-0.1, -0.05) is 12.8 Å². The summed E-state index contributed by atoms with van der Waals surface area (Å²) in [6, 6.07) is 3.79. The maximum Gasteiger partial charge on any atom is 0.254 e. The normalized spacial score (nSPS) is 20.2. The molecule has 0 bridgehead atoms. The van der Waals surface area contributed by atoms with Gasteiger partial charge in [0.05, 0.1) is 23.3 Å². The molecule has 0 spiro atoms. The van der Waals surface area contributed by atoms with Crippen molar-refractivity contribution < 1.29 is 4.79 Å². The average Bonchev–Trinajstić information content (AvgIpc) is 3.31. The van der Waals surface area contributed by atoms with E-state index in [4.69, 9.17) is 0 Å². The summed E-state index contributed by atoms with van der Waals surface area (Å²) in [5, 5.41) is 9.37. The lowest BCUT2D eigenvalue weighted by molar-refractivity contribution is 0.0929. The Kier molecular flexibility index (Phi) is 5.50. The SMILES string of the molecule is CC(C)(C)n1ncc2c1CCC[C@@H]2NC(=O)c1cccnc1SC1CCCC1. The number of nitrogens with one attached hydrogen (secondary N) is 1. The predicted octanol–water partition coefficient (Wildman–Crippen LogP) is 4.88. The first-order valence-electron chi connectivity index (χ1n) is 10.4. The Bertz CT molecular complexity index is 848. The molecule has 28 heavy (non-hydrogen) atoms. The zero-order valence-electron chi connectivity index (χ0n) is 17.1. The molecule has 0 saturated heterocycles. The van der Waals surface area contributed by atoms with Crippen LogP contribution in [0.1, 0.15) is 87.0 Å². The monoisotopic (exact) mass is 398 g/mol. The van der Waals surface area contributed by atoms with Gasteiger partial charge in [-0.05, 0) is 65.0 Å². The topological polar surface area (TPSA) is 59.8 Å². The number of carbonyl (C=O) groups excluding carboxylic acids is 1. The molecule has 4 rings (SSSR count). The predicted molar refractivity (Wildman–Crippen MR) is 113 cm³/mol. The van der Waals surface area contributed by atoms with Crippen LogP contribution in [0.5, 0.6) is 0 Å². The van der Waals surface area contributed by atoms with Crippen molar-refractivity contribution in [3.8, 4) is 0 Å². The molecule has 0 radical (unpaired) electrons. The van der Waals surface area contributed by atoms with Crippen LogP contribution < -0.4 is 5.32 Å². The van der Waals surface area contributed by atoms with Crippen LogP contribution in [0.25, 0.3) is 0 Å². The van der Waals surface area contributed by atoms with E-state index in [-0.39, 0.29) is 17.5 Å². The molecule has 2 heterocycles. The molecule has 2 aliphatic rings. The molecule has 1 saturated carbocycles. The maximum atomic E-state index is 13.1. The Morgan fingerprint density at radius 2 is 2.00 bits per heavy atom. The standard InChI is InChI=1S/C22H30N4OS/c1-22(2,3)26-19-12-6-11-18(17(19)14-24-26)25-20(27)16-10-7-13-23-21(16)28-15-8-4-5-9-15/h7,10,13-15,18H,4-6,8-9,11-12H2,1-3H3,(H,25,27)/t18-/m0/s1. The number of hydrogen-bond donors (Lipinski definition) is 1. The molecule has 2 aromatic heterocycles. The highest BCUT2D eigenvalue weighted by molar-refractivity contribution is 7.99. The second-order valence-electron chi connectivity index (χ2n) is 8.93. The van der Waals surface area contributed by atoms with E-state index in [0.717, 1.165) is 24.3 Å². The number of hydrogen-bond acceptors (Lipinski definition) is 4. The fourth-order valence-corrected chi connectivity index (χ4v) is 5.64. The Balaban J connectivity index is 1.53. The Morgan fingerprint density at radius 1 is 1.21 bits per heavy atom. The minimum Gasteiger partial charge on any atom is -0.345 e. The van der Waals surface area contributed by atoms with Gasteiger partial charge >= 0.3 is 0 Å². The Morgan fingerprint density at radius 3 is 2.75 bits per heavy atom. The summed E-state index contributed by atoms with van der Waals surface area (Å²) in [7, 11) is 0. The quantitative estimate of drug-likeness (QED) is 0.798. The van der Waals surface area contributed by atoms with Crippen molar-refractivity contribution in [2.45, 2.75) is 87.6 Å². The lowest BCUT2D eigenvalue weighted by atomic mass is 9.92. The molecular formula is C22H30N4OS. The largest absolute Gasteiger partial charge is 0.345 e. The number of nitrogens with zero attached hydrogens (tertiary/aromatic N) is 3. The third-order valence-electron chi connectivity index (χ3n) is 5.72. The number of carbonyl (C=O) groups is 1. The molecule has 0 aliphatic heterocycles. The fraction of sp³-hybridized carbons (Fsp3) is 0.591. The number of pyridine rings is 1. The maximum absolute atomic E-state index is 13.1. The van der Waals surface area contributed by atoms with Gasteiger partial charge < -0.3 is 5.32 Å². The summed E-state index contributed by atoms with van der Waals surface area (Å²) >= 11 is 1.77. The summed E-state index contributed by atoms with van der Waals surface area (Å²) in [6.07, 6.45) is 11.8. The van der Waals surface area contributed by atoms with Crippen LogP contribution in [0.2, 0.25) is 0 Å². The molecular weight excluding hydrogens is 368 g/mol. The summed E-state index contributed by atoms with van der Waals surface area (Å²) in [5.74, 6) is -0.0186. The van der Waals surface area contributed by atoms with Gasteiger partial charge in [-0.15, -0.1) is 11.8 Å². The third-order valence-corrected chi connectivity index (χ3v) is 7.07. The van der Waals surface area contributed by atoms with Crippen LogP contribution in [-0.2, 0) is 12.0 Å². The smallest absolute Gasteiger partial charge is 0.254 e. The molecule has 6 heteroatoms. The van der Waals surface area contributed by atoms with Gasteiger partial charge in [-0.3, -0.25) is 9.48 Å². The summed E-state index contributed by atoms with van der Waals surface area (Å²) in [4.78, 5) is 17.7. The first-order chi connectivity index (χ1) is 13.4. The zero-order valence-corrected chi connectivity index (χ0v) is 17.9. The number of fused-ring (bicyclic) bond motifs is 1. The molecule has 0 unspecified atom stereocenters. The lowest BCUT2D eigenvalue weighted by Crippen LogP contribution is -2.33. The highest BCUT2D eigenvalue weighted by Crippen LogP contribution is 2.36. The molecule has 1 atom stereocenters. The van der Waals surface area contributed by atoms with Crippen molar-refractivity contribution in [1.29, 1.82) is 0 Å². The van der Waals surface area contributed by atoms with Gasteiger partial charge in [-0.25, -0.2) is 4.98 Å². The molecule has 0 aromatic carbocycles. The summed E-state index contributed by atoms with van der Waals surface area (Å²) < 4.78 is 2.12. The Hall–Kier alpha value is -1.82. The minimum absolute atomic E-state index is 0.0186. The van der Waals surface area contributed by atoms with Crippen LogP contribution in [0, 0.1) is 0 Å². The number of thioether (sulfide) groups is 1. The van der Waals surface area contributed by atoms with Crippen LogP contribution >= 0.6 is 11.8 Å². The third kappa shape index (κ3) is 3.97. The Labute approximate surface area is 171 Å². The highest BCUT2D eigenvalue weighted by Gasteiger charge is 2.30. The molecule has 1 N–H and O–H groups in total. The van der Waals surface area contributed by atoms with Gasteiger partial charge in [0.25, 0.3) is 5.91 Å². The minimum atomic E-state index is -0.0477. The average molecular weight is 399 g/mol. The van der Waals surface area contributed by atoms with Crippen LogP contribution in [-0.4, -0.2) is 25.9 Å². The van der Waals surface area contributed by atoms with E-state index in [0.29, 0.717) is 10.8 Å². The van der Waals surface area contributed by atoms with Crippen molar-refractivity contribution in [3.63, 3.8) is 0 Å². The lowest BCUT2D eigenvalue weighted by Gasteiger charge is -2.28. The van der Waals surface area contributed by atoms with E-state index in [9.17, 15) is 4.79 Å². The van der Waals surface area contributed by atoms with Gasteiger partial charge in [0.2, 0.25) is 0 Å². The molecule has 1 fully saturated rings. The van der Waals surface area contributed by atoms with Crippen molar-refractivity contribution in [1.82, 2.24) is 20.1 Å². The van der Waals surface area contributed by atoms with E-state index in [1.807, 2.05) is 18.3 Å². The molecule has 150 valence electrons. The van der Waals surface area contributed by atoms with Crippen molar-refractivity contribution in [2.75, 3.05) is 0 Å². The summed E-state index contributed by atoms with van der Waals surface area (Å²) in [6.45, 7) is 6.51. The van der Waals surface area contributed by atoms with E-state index >= 15 is 0 Å². The molecule has 5 nitrogen and oxygen atoms in total. The number of rotatable bonds is 4. The van der Waals surface area contributed by atoms with Crippen molar-refractivity contribution >= 4 is 17.7 Å². The van der Waals surface area contributed by atoms with Crippen LogP contribution in [0.15, 0.2) is 29.6 Å². The van der Waals surface area contributed by atoms with Gasteiger partial charge in [0, 0.05) is 22.7 Å². The first kappa shape index (κ1) is 19.5.